The maximum atomic E-state index is 12.6. The highest BCUT2D eigenvalue weighted by atomic mass is 35.5. The summed E-state index contributed by atoms with van der Waals surface area (Å²) in [5.41, 5.74) is 7.93. The van der Waals surface area contributed by atoms with Crippen LogP contribution in [0.15, 0.2) is 24.3 Å². The van der Waals surface area contributed by atoms with Crippen molar-refractivity contribution in [2.24, 2.45) is 17.1 Å². The van der Waals surface area contributed by atoms with E-state index in [1.807, 2.05) is 0 Å². The number of nitrogens with zero attached hydrogens (tertiary/aromatic N) is 1. The van der Waals surface area contributed by atoms with Crippen LogP contribution in [0.5, 0.6) is 0 Å². The van der Waals surface area contributed by atoms with E-state index in [9.17, 15) is 4.79 Å². The van der Waals surface area contributed by atoms with Crippen LogP contribution in [0, 0.1) is 11.3 Å². The molecule has 1 aromatic carbocycles. The lowest BCUT2D eigenvalue weighted by Gasteiger charge is -2.34. The zero-order valence-corrected chi connectivity index (χ0v) is 18.5. The van der Waals surface area contributed by atoms with Gasteiger partial charge >= 0.3 is 0 Å². The zero-order valence-electron chi connectivity index (χ0n) is 16.8. The van der Waals surface area contributed by atoms with Crippen LogP contribution < -0.4 is 11.1 Å². The molecule has 28 heavy (non-hydrogen) atoms. The summed E-state index contributed by atoms with van der Waals surface area (Å²) in [6.45, 7) is 7.95. The van der Waals surface area contributed by atoms with Gasteiger partial charge in [-0.3, -0.25) is 9.69 Å². The van der Waals surface area contributed by atoms with E-state index in [1.165, 1.54) is 31.5 Å². The Kier molecular flexibility index (Phi) is 10.8. The Morgan fingerprint density at radius 3 is 2.29 bits per heavy atom. The second-order valence-electron chi connectivity index (χ2n) is 8.05. The number of ether oxygens (including phenoxy) is 1. The maximum Gasteiger partial charge on any atom is 0.227 e. The molecule has 0 atom stereocenters. The molecule has 0 radical (unpaired) electrons. The van der Waals surface area contributed by atoms with Crippen LogP contribution in [0.2, 0.25) is 0 Å². The van der Waals surface area contributed by atoms with Crippen molar-refractivity contribution < 1.29 is 9.53 Å². The first-order valence-electron chi connectivity index (χ1n) is 9.97. The monoisotopic (exact) mass is 431 g/mol. The Hall–Kier alpha value is -0.850. The van der Waals surface area contributed by atoms with Crippen LogP contribution in [-0.4, -0.2) is 43.7 Å². The first-order chi connectivity index (χ1) is 12.6. The molecule has 0 bridgehead atoms. The summed E-state index contributed by atoms with van der Waals surface area (Å²) in [6.07, 6.45) is 4.03. The molecule has 1 aromatic rings. The van der Waals surface area contributed by atoms with E-state index in [0.29, 0.717) is 39.1 Å². The molecule has 3 N–H and O–H groups in total. The van der Waals surface area contributed by atoms with Gasteiger partial charge in [-0.2, -0.15) is 0 Å². The molecule has 0 unspecified atom stereocenters. The summed E-state index contributed by atoms with van der Waals surface area (Å²) in [6, 6.07) is 8.63. The fourth-order valence-electron chi connectivity index (χ4n) is 3.90. The minimum absolute atomic E-state index is 0. The van der Waals surface area contributed by atoms with Crippen molar-refractivity contribution in [3.8, 4) is 0 Å². The molecule has 2 fully saturated rings. The molecule has 2 aliphatic heterocycles. The second-order valence-corrected chi connectivity index (χ2v) is 8.05. The molecule has 1 amide bonds. The number of piperidine rings is 1. The minimum atomic E-state index is -0.455. The van der Waals surface area contributed by atoms with Gasteiger partial charge in [0.05, 0.1) is 5.41 Å². The van der Waals surface area contributed by atoms with Gasteiger partial charge in [-0.1, -0.05) is 31.2 Å². The van der Waals surface area contributed by atoms with Crippen LogP contribution >= 0.6 is 24.8 Å². The Labute approximate surface area is 181 Å². The van der Waals surface area contributed by atoms with Crippen molar-refractivity contribution in [3.63, 3.8) is 0 Å². The molecule has 0 aromatic heterocycles. The Balaban J connectivity index is 0.00000196. The van der Waals surface area contributed by atoms with E-state index < -0.39 is 5.41 Å². The zero-order chi connectivity index (χ0) is 18.4. The number of amides is 1. The number of carbonyl (C=O) groups is 1. The molecule has 2 heterocycles. The summed E-state index contributed by atoms with van der Waals surface area (Å²) in [5, 5.41) is 3.08. The highest BCUT2D eigenvalue weighted by Crippen LogP contribution is 2.29. The van der Waals surface area contributed by atoms with Crippen LogP contribution in [0.4, 0.5) is 0 Å². The van der Waals surface area contributed by atoms with Crippen molar-refractivity contribution in [2.75, 3.05) is 32.8 Å². The van der Waals surface area contributed by atoms with Crippen LogP contribution in [0.3, 0.4) is 0 Å². The number of carbonyl (C=O) groups excluding carboxylic acids is 1. The summed E-state index contributed by atoms with van der Waals surface area (Å²) >= 11 is 0. The van der Waals surface area contributed by atoms with Gasteiger partial charge in [-0.15, -0.1) is 24.8 Å². The van der Waals surface area contributed by atoms with E-state index in [0.717, 1.165) is 18.0 Å². The normalized spacial score (nSPS) is 19.9. The predicted octanol–water partition coefficient (Wildman–Crippen LogP) is 3.13. The fourth-order valence-corrected chi connectivity index (χ4v) is 3.90. The first kappa shape index (κ1) is 25.2. The smallest absolute Gasteiger partial charge is 0.227 e. The Morgan fingerprint density at radius 1 is 1.14 bits per heavy atom. The average molecular weight is 432 g/mol. The first-order valence-corrected chi connectivity index (χ1v) is 9.97. The molecule has 0 spiro atoms. The van der Waals surface area contributed by atoms with Crippen molar-refractivity contribution >= 4 is 30.7 Å². The van der Waals surface area contributed by atoms with Gasteiger partial charge in [0.1, 0.15) is 0 Å². The number of rotatable bonds is 6. The number of hydrogen-bond donors (Lipinski definition) is 2. The number of benzene rings is 1. The van der Waals surface area contributed by atoms with Gasteiger partial charge in [0.15, 0.2) is 0 Å². The lowest BCUT2D eigenvalue weighted by molar-refractivity contribution is -0.136. The number of likely N-dealkylation sites (tertiary alicyclic amines) is 1. The van der Waals surface area contributed by atoms with E-state index in [4.69, 9.17) is 10.5 Å². The predicted molar refractivity (Wildman–Crippen MR) is 118 cm³/mol. The molecule has 3 rings (SSSR count). The van der Waals surface area contributed by atoms with E-state index in [1.54, 1.807) is 0 Å². The van der Waals surface area contributed by atoms with Crippen LogP contribution in [0.25, 0.3) is 0 Å². The Bertz CT molecular complexity index is 584. The fraction of sp³-hybridized carbons (Fsp3) is 0.667. The molecular weight excluding hydrogens is 397 g/mol. The third-order valence-electron chi connectivity index (χ3n) is 6.08. The van der Waals surface area contributed by atoms with E-state index in [2.05, 4.69) is 41.4 Å². The van der Waals surface area contributed by atoms with Crippen molar-refractivity contribution in [1.29, 1.82) is 0 Å². The number of halogens is 2. The second kappa shape index (κ2) is 12.0. The SMILES string of the molecule is CC1CCN(Cc2ccc(CNC(=O)C3(CN)CCOCC3)cc2)CC1.Cl.Cl. The molecule has 0 saturated carbocycles. The lowest BCUT2D eigenvalue weighted by atomic mass is 9.79. The van der Waals surface area contributed by atoms with Crippen LogP contribution in [0.1, 0.15) is 43.7 Å². The van der Waals surface area contributed by atoms with E-state index >= 15 is 0 Å². The minimum Gasteiger partial charge on any atom is -0.381 e. The molecular formula is C21H35Cl2N3O2. The summed E-state index contributed by atoms with van der Waals surface area (Å²) in [7, 11) is 0. The van der Waals surface area contributed by atoms with Crippen molar-refractivity contribution in [2.45, 2.75) is 45.7 Å². The average Bonchev–Trinajstić information content (AvgIpc) is 2.69. The lowest BCUT2D eigenvalue weighted by Crippen LogP contribution is -2.48. The van der Waals surface area contributed by atoms with Gasteiger partial charge < -0.3 is 15.8 Å². The largest absolute Gasteiger partial charge is 0.381 e. The summed E-state index contributed by atoms with van der Waals surface area (Å²) in [4.78, 5) is 15.2. The maximum absolute atomic E-state index is 12.6. The topological polar surface area (TPSA) is 67.6 Å². The molecule has 160 valence electrons. The van der Waals surface area contributed by atoms with Gasteiger partial charge in [-0.25, -0.2) is 0 Å². The van der Waals surface area contributed by atoms with Gasteiger partial charge in [0.2, 0.25) is 5.91 Å². The highest BCUT2D eigenvalue weighted by molar-refractivity contribution is 5.85. The molecule has 2 aliphatic rings. The molecule has 7 heteroatoms. The third kappa shape index (κ3) is 6.60. The van der Waals surface area contributed by atoms with Crippen molar-refractivity contribution in [1.82, 2.24) is 10.2 Å². The standard InChI is InChI=1S/C21H33N3O2.2ClH/c1-17-6-10-24(11-7-17)15-19-4-2-18(3-5-19)14-23-20(25)21(16-22)8-12-26-13-9-21;;/h2-5,17H,6-16,22H2,1H3,(H,23,25);2*1H. The van der Waals surface area contributed by atoms with Gasteiger partial charge in [-0.05, 0) is 55.8 Å². The van der Waals surface area contributed by atoms with E-state index in [-0.39, 0.29) is 30.7 Å². The third-order valence-corrected chi connectivity index (χ3v) is 6.08. The highest BCUT2D eigenvalue weighted by Gasteiger charge is 2.38. The molecule has 2 saturated heterocycles. The molecule has 5 nitrogen and oxygen atoms in total. The Morgan fingerprint density at radius 2 is 1.71 bits per heavy atom. The quantitative estimate of drug-likeness (QED) is 0.725. The van der Waals surface area contributed by atoms with Gasteiger partial charge in [0, 0.05) is 32.8 Å². The molecule has 0 aliphatic carbocycles. The number of nitrogens with one attached hydrogen (secondary N) is 1. The van der Waals surface area contributed by atoms with Gasteiger partial charge in [0.25, 0.3) is 0 Å². The van der Waals surface area contributed by atoms with Crippen molar-refractivity contribution in [3.05, 3.63) is 35.4 Å². The number of nitrogens with two attached hydrogens (primary N) is 1. The van der Waals surface area contributed by atoms with Crippen LogP contribution in [-0.2, 0) is 22.6 Å². The number of hydrogen-bond acceptors (Lipinski definition) is 4. The summed E-state index contributed by atoms with van der Waals surface area (Å²) in [5.74, 6) is 0.930. The summed E-state index contributed by atoms with van der Waals surface area (Å²) < 4.78 is 5.38.